The molecule has 0 aromatic carbocycles. The zero-order chi connectivity index (χ0) is 17.0. The number of fused-ring (bicyclic) bond motifs is 3. The van der Waals surface area contributed by atoms with Crippen LogP contribution in [0, 0.1) is 17.8 Å². The predicted molar refractivity (Wildman–Crippen MR) is 92.1 cm³/mol. The van der Waals surface area contributed by atoms with Crippen molar-refractivity contribution >= 4 is 22.3 Å². The van der Waals surface area contributed by atoms with Crippen molar-refractivity contribution < 1.29 is 9.53 Å². The van der Waals surface area contributed by atoms with E-state index >= 15 is 0 Å². The molecule has 0 amide bonds. The zero-order valence-corrected chi connectivity index (χ0v) is 15.1. The predicted octanol–water partition coefficient (Wildman–Crippen LogP) is 3.80. The first kappa shape index (κ1) is 16.1. The molecular formula is C18H22N2O2S. The van der Waals surface area contributed by atoms with Gasteiger partial charge in [-0.25, -0.2) is 9.78 Å². The summed E-state index contributed by atoms with van der Waals surface area (Å²) < 4.78 is 7.08. The minimum Gasteiger partial charge on any atom is -0.461 e. The monoisotopic (exact) mass is 330 g/mol. The SMILES string of the molecule is C#Cc1c(C(=O)OCC)nc2sc3c(n12)CC(C)(C)CC3(C)C. The third kappa shape index (κ3) is 2.46. The zero-order valence-electron chi connectivity index (χ0n) is 14.3. The lowest BCUT2D eigenvalue weighted by atomic mass is 9.67. The van der Waals surface area contributed by atoms with Crippen LogP contribution in [0.1, 0.15) is 67.8 Å². The second-order valence-electron chi connectivity index (χ2n) is 7.57. The highest BCUT2D eigenvalue weighted by Crippen LogP contribution is 2.49. The average molecular weight is 330 g/mol. The van der Waals surface area contributed by atoms with Gasteiger partial charge in [0.1, 0.15) is 5.69 Å². The largest absolute Gasteiger partial charge is 0.461 e. The molecule has 1 aliphatic carbocycles. The lowest BCUT2D eigenvalue weighted by Gasteiger charge is -2.40. The van der Waals surface area contributed by atoms with Crippen LogP contribution < -0.4 is 0 Å². The van der Waals surface area contributed by atoms with Crippen LogP contribution in [0.4, 0.5) is 0 Å². The van der Waals surface area contributed by atoms with Crippen molar-refractivity contribution in [2.24, 2.45) is 5.41 Å². The third-order valence-electron chi connectivity index (χ3n) is 4.36. The molecule has 1 aliphatic rings. The van der Waals surface area contributed by atoms with E-state index in [2.05, 4.69) is 38.6 Å². The molecule has 4 nitrogen and oxygen atoms in total. The quantitative estimate of drug-likeness (QED) is 0.621. The summed E-state index contributed by atoms with van der Waals surface area (Å²) in [6.45, 7) is 11.2. The number of esters is 1. The van der Waals surface area contributed by atoms with E-state index in [1.54, 1.807) is 18.3 Å². The Balaban J connectivity index is 2.26. The summed E-state index contributed by atoms with van der Waals surface area (Å²) in [7, 11) is 0. The Morgan fingerprint density at radius 3 is 2.74 bits per heavy atom. The van der Waals surface area contributed by atoms with Gasteiger partial charge >= 0.3 is 5.97 Å². The van der Waals surface area contributed by atoms with Crippen molar-refractivity contribution in [1.82, 2.24) is 9.38 Å². The first-order valence-electron chi connectivity index (χ1n) is 7.88. The normalized spacial score (nSPS) is 18.4. The van der Waals surface area contributed by atoms with Crippen molar-refractivity contribution in [3.63, 3.8) is 0 Å². The van der Waals surface area contributed by atoms with Gasteiger partial charge in [-0.3, -0.25) is 4.40 Å². The molecule has 2 heterocycles. The molecule has 5 heteroatoms. The number of imidazole rings is 1. The van der Waals surface area contributed by atoms with Gasteiger partial charge in [-0.05, 0) is 31.1 Å². The molecule has 3 rings (SSSR count). The van der Waals surface area contributed by atoms with Gasteiger partial charge in [-0.2, -0.15) is 0 Å². The summed E-state index contributed by atoms with van der Waals surface area (Å²) in [5.74, 6) is 2.21. The molecule has 0 radical (unpaired) electrons. The molecule has 2 aromatic rings. The minimum absolute atomic E-state index is 0.0818. The fourth-order valence-corrected chi connectivity index (χ4v) is 5.17. The Hall–Kier alpha value is -1.80. The highest BCUT2D eigenvalue weighted by Gasteiger charge is 2.41. The molecular weight excluding hydrogens is 308 g/mol. The maximum Gasteiger partial charge on any atom is 0.359 e. The molecule has 23 heavy (non-hydrogen) atoms. The summed E-state index contributed by atoms with van der Waals surface area (Å²) in [4.78, 5) is 18.7. The van der Waals surface area contributed by atoms with E-state index < -0.39 is 5.97 Å². The van der Waals surface area contributed by atoms with E-state index in [4.69, 9.17) is 11.2 Å². The molecule has 0 aliphatic heterocycles. The second-order valence-corrected chi connectivity index (χ2v) is 8.55. The number of ether oxygens (including phenoxy) is 1. The molecule has 122 valence electrons. The van der Waals surface area contributed by atoms with Crippen molar-refractivity contribution in [2.45, 2.75) is 52.9 Å². The number of nitrogens with zero attached hydrogens (tertiary/aromatic N) is 2. The van der Waals surface area contributed by atoms with Crippen LogP contribution in [0.15, 0.2) is 0 Å². The van der Waals surface area contributed by atoms with E-state index in [0.29, 0.717) is 12.3 Å². The number of thiazole rings is 1. The van der Waals surface area contributed by atoms with E-state index in [0.717, 1.165) is 17.8 Å². The van der Waals surface area contributed by atoms with E-state index in [9.17, 15) is 4.79 Å². The minimum atomic E-state index is -0.445. The Morgan fingerprint density at radius 1 is 1.43 bits per heavy atom. The fourth-order valence-electron chi connectivity index (χ4n) is 3.93. The number of carbonyl (C=O) groups excluding carboxylic acids is 1. The highest BCUT2D eigenvalue weighted by atomic mass is 32.1. The topological polar surface area (TPSA) is 43.6 Å². The molecule has 2 aromatic heterocycles. The van der Waals surface area contributed by atoms with Gasteiger partial charge in [0.2, 0.25) is 0 Å². The first-order chi connectivity index (χ1) is 10.7. The van der Waals surface area contributed by atoms with Gasteiger partial charge in [0, 0.05) is 16.0 Å². The number of hydrogen-bond donors (Lipinski definition) is 0. The van der Waals surface area contributed by atoms with Crippen LogP contribution in [0.3, 0.4) is 0 Å². The van der Waals surface area contributed by atoms with Crippen LogP contribution in [0.2, 0.25) is 0 Å². The van der Waals surface area contributed by atoms with Crippen molar-refractivity contribution in [3.05, 3.63) is 22.0 Å². The lowest BCUT2D eigenvalue weighted by molar-refractivity contribution is 0.0520. The molecule has 0 bridgehead atoms. The lowest BCUT2D eigenvalue weighted by Crippen LogP contribution is -2.34. The Kier molecular flexibility index (Phi) is 3.57. The number of terminal acetylenes is 1. The molecule has 0 spiro atoms. The van der Waals surface area contributed by atoms with E-state index in [1.807, 2.05) is 4.40 Å². The highest BCUT2D eigenvalue weighted by molar-refractivity contribution is 7.17. The van der Waals surface area contributed by atoms with Crippen LogP contribution in [-0.4, -0.2) is 22.0 Å². The van der Waals surface area contributed by atoms with Gasteiger partial charge in [-0.1, -0.05) is 27.7 Å². The van der Waals surface area contributed by atoms with Gasteiger partial charge in [-0.15, -0.1) is 17.8 Å². The molecule has 0 unspecified atom stereocenters. The summed E-state index contributed by atoms with van der Waals surface area (Å²) in [6, 6.07) is 0. The maximum atomic E-state index is 12.1. The van der Waals surface area contributed by atoms with Crippen LogP contribution in [0.5, 0.6) is 0 Å². The standard InChI is InChI=1S/C18H22N2O2S/c1-7-11-13(15(21)22-8-2)19-16-20(11)12-9-17(3,4)10-18(5,6)14(12)23-16/h1H,8-10H2,2-6H3. The Morgan fingerprint density at radius 2 is 2.13 bits per heavy atom. The van der Waals surface area contributed by atoms with Crippen LogP contribution >= 0.6 is 11.3 Å². The van der Waals surface area contributed by atoms with Gasteiger partial charge in [0.15, 0.2) is 10.7 Å². The van der Waals surface area contributed by atoms with E-state index in [-0.39, 0.29) is 16.5 Å². The number of carbonyl (C=O) groups is 1. The maximum absolute atomic E-state index is 12.1. The molecule has 0 saturated heterocycles. The third-order valence-corrected chi connectivity index (χ3v) is 5.81. The van der Waals surface area contributed by atoms with Crippen LogP contribution in [0.25, 0.3) is 4.96 Å². The molecule has 0 fully saturated rings. The molecule has 0 N–H and O–H groups in total. The number of aromatic nitrogens is 2. The Bertz CT molecular complexity index is 833. The molecule has 0 atom stereocenters. The van der Waals surface area contributed by atoms with Crippen molar-refractivity contribution in [2.75, 3.05) is 6.61 Å². The van der Waals surface area contributed by atoms with Gasteiger partial charge in [0.25, 0.3) is 0 Å². The summed E-state index contributed by atoms with van der Waals surface area (Å²) >= 11 is 1.64. The van der Waals surface area contributed by atoms with E-state index in [1.165, 1.54) is 10.6 Å². The second kappa shape index (κ2) is 5.10. The summed E-state index contributed by atoms with van der Waals surface area (Å²) in [5, 5.41) is 0. The average Bonchev–Trinajstić information content (AvgIpc) is 2.94. The first-order valence-corrected chi connectivity index (χ1v) is 8.70. The van der Waals surface area contributed by atoms with Crippen molar-refractivity contribution in [1.29, 1.82) is 0 Å². The summed E-state index contributed by atoms with van der Waals surface area (Å²) in [5.41, 5.74) is 2.24. The fraction of sp³-hybridized carbons (Fsp3) is 0.556. The number of rotatable bonds is 2. The smallest absolute Gasteiger partial charge is 0.359 e. The van der Waals surface area contributed by atoms with Gasteiger partial charge < -0.3 is 4.74 Å². The van der Waals surface area contributed by atoms with Crippen molar-refractivity contribution in [3.8, 4) is 12.3 Å². The van der Waals surface area contributed by atoms with Gasteiger partial charge in [0.05, 0.1) is 6.61 Å². The van der Waals surface area contributed by atoms with Crippen LogP contribution in [-0.2, 0) is 16.6 Å². The molecule has 0 saturated carbocycles. The number of hydrogen-bond acceptors (Lipinski definition) is 4. The summed E-state index contributed by atoms with van der Waals surface area (Å²) in [6.07, 6.45) is 7.76. The Labute approximate surface area is 140 Å².